The largest absolute Gasteiger partial charge is 0.497 e. The van der Waals surface area contributed by atoms with Gasteiger partial charge >= 0.3 is 6.01 Å². The van der Waals surface area contributed by atoms with E-state index < -0.39 is 0 Å². The van der Waals surface area contributed by atoms with Crippen molar-refractivity contribution in [3.63, 3.8) is 0 Å². The first-order valence-electron chi connectivity index (χ1n) is 10.7. The first kappa shape index (κ1) is 21.7. The normalized spacial score (nSPS) is 16.0. The first-order valence-corrected chi connectivity index (χ1v) is 10.7. The number of amides is 1. The quantitative estimate of drug-likeness (QED) is 0.579. The molecule has 0 aliphatic carbocycles. The van der Waals surface area contributed by atoms with Gasteiger partial charge in [-0.1, -0.05) is 11.2 Å². The molecule has 1 atom stereocenters. The van der Waals surface area contributed by atoms with Crippen molar-refractivity contribution in [2.75, 3.05) is 44.2 Å². The molecule has 0 saturated carbocycles. The highest BCUT2D eigenvalue weighted by Gasteiger charge is 2.31. The molecular formula is C24H28N4O4. The molecule has 32 heavy (non-hydrogen) atoms. The van der Waals surface area contributed by atoms with Gasteiger partial charge in [-0.2, -0.15) is 4.98 Å². The Hall–Kier alpha value is -3.55. The predicted molar refractivity (Wildman–Crippen MR) is 122 cm³/mol. The van der Waals surface area contributed by atoms with Crippen molar-refractivity contribution in [3.8, 4) is 22.9 Å². The van der Waals surface area contributed by atoms with Gasteiger partial charge in [-0.3, -0.25) is 4.79 Å². The van der Waals surface area contributed by atoms with Gasteiger partial charge in [0.25, 0.3) is 0 Å². The van der Waals surface area contributed by atoms with Crippen molar-refractivity contribution in [2.45, 2.75) is 19.8 Å². The molecule has 1 aliphatic heterocycles. The van der Waals surface area contributed by atoms with Gasteiger partial charge in [-0.25, -0.2) is 0 Å². The van der Waals surface area contributed by atoms with Gasteiger partial charge in [0.05, 0.1) is 25.8 Å². The van der Waals surface area contributed by atoms with Gasteiger partial charge in [0.1, 0.15) is 11.5 Å². The van der Waals surface area contributed by atoms with Crippen LogP contribution in [-0.2, 0) is 4.79 Å². The monoisotopic (exact) mass is 436 g/mol. The Labute approximate surface area is 187 Å². The van der Waals surface area contributed by atoms with Crippen LogP contribution in [0.15, 0.2) is 47.0 Å². The van der Waals surface area contributed by atoms with E-state index in [-0.39, 0.29) is 11.8 Å². The van der Waals surface area contributed by atoms with Gasteiger partial charge < -0.3 is 23.8 Å². The number of methoxy groups -OCH3 is 2. The molecule has 168 valence electrons. The van der Waals surface area contributed by atoms with Gasteiger partial charge in [0.2, 0.25) is 11.7 Å². The summed E-state index contributed by atoms with van der Waals surface area (Å²) < 4.78 is 16.2. The lowest BCUT2D eigenvalue weighted by molar-refractivity contribution is -0.122. The smallest absolute Gasteiger partial charge is 0.324 e. The minimum Gasteiger partial charge on any atom is -0.497 e. The van der Waals surface area contributed by atoms with E-state index in [4.69, 9.17) is 14.0 Å². The Balaban J connectivity index is 1.48. The van der Waals surface area contributed by atoms with Crippen LogP contribution < -0.4 is 19.3 Å². The fraction of sp³-hybridized carbons (Fsp3) is 0.375. The van der Waals surface area contributed by atoms with Crippen LogP contribution in [0, 0.1) is 12.8 Å². The maximum atomic E-state index is 13.3. The molecule has 8 nitrogen and oxygen atoms in total. The van der Waals surface area contributed by atoms with Crippen LogP contribution in [-0.4, -0.2) is 50.4 Å². The van der Waals surface area contributed by atoms with E-state index in [0.717, 1.165) is 42.0 Å². The average Bonchev–Trinajstić information content (AvgIpc) is 3.33. The maximum absolute atomic E-state index is 13.3. The molecule has 0 spiro atoms. The molecule has 1 fully saturated rings. The van der Waals surface area contributed by atoms with Crippen molar-refractivity contribution in [3.05, 3.63) is 48.0 Å². The highest BCUT2D eigenvalue weighted by Crippen LogP contribution is 2.32. The molecule has 1 aliphatic rings. The van der Waals surface area contributed by atoms with Crippen LogP contribution in [0.5, 0.6) is 11.5 Å². The number of piperidine rings is 1. The molecule has 1 saturated heterocycles. The van der Waals surface area contributed by atoms with Crippen LogP contribution in [0.25, 0.3) is 11.4 Å². The Morgan fingerprint density at radius 3 is 2.66 bits per heavy atom. The molecule has 1 amide bonds. The maximum Gasteiger partial charge on any atom is 0.324 e. The van der Waals surface area contributed by atoms with Crippen LogP contribution >= 0.6 is 0 Å². The van der Waals surface area contributed by atoms with Gasteiger partial charge in [-0.15, -0.1) is 0 Å². The van der Waals surface area contributed by atoms with E-state index >= 15 is 0 Å². The van der Waals surface area contributed by atoms with Crippen LogP contribution in [0.4, 0.5) is 11.7 Å². The summed E-state index contributed by atoms with van der Waals surface area (Å²) in [6.07, 6.45) is 1.68. The van der Waals surface area contributed by atoms with Crippen molar-refractivity contribution in [1.29, 1.82) is 0 Å². The van der Waals surface area contributed by atoms with Crippen molar-refractivity contribution in [1.82, 2.24) is 10.1 Å². The molecule has 0 radical (unpaired) electrons. The van der Waals surface area contributed by atoms with E-state index in [0.29, 0.717) is 24.1 Å². The van der Waals surface area contributed by atoms with Crippen molar-refractivity contribution >= 4 is 17.6 Å². The number of aryl methyl sites for hydroxylation is 1. The third-order valence-electron chi connectivity index (χ3n) is 5.83. The molecule has 2 aromatic carbocycles. The molecule has 8 heteroatoms. The lowest BCUT2D eigenvalue weighted by Gasteiger charge is -2.33. The third-order valence-corrected chi connectivity index (χ3v) is 5.83. The fourth-order valence-corrected chi connectivity index (χ4v) is 4.01. The molecule has 2 heterocycles. The summed E-state index contributed by atoms with van der Waals surface area (Å²) in [4.78, 5) is 21.5. The summed E-state index contributed by atoms with van der Waals surface area (Å²) in [6, 6.07) is 13.8. The van der Waals surface area contributed by atoms with Crippen LogP contribution in [0.2, 0.25) is 0 Å². The third kappa shape index (κ3) is 4.39. The summed E-state index contributed by atoms with van der Waals surface area (Å²) in [5.41, 5.74) is 2.69. The Bertz CT molecular complexity index is 1080. The number of carbonyl (C=O) groups is 1. The number of anilines is 2. The number of hydrogen-bond donors (Lipinski definition) is 0. The molecule has 3 aromatic rings. The number of carbonyl (C=O) groups excluding carboxylic acids is 1. The highest BCUT2D eigenvalue weighted by atomic mass is 16.5. The van der Waals surface area contributed by atoms with Gasteiger partial charge in [0, 0.05) is 25.7 Å². The number of benzene rings is 2. The summed E-state index contributed by atoms with van der Waals surface area (Å²) in [5, 5.41) is 4.12. The number of nitrogens with zero attached hydrogens (tertiary/aromatic N) is 4. The lowest BCUT2D eigenvalue weighted by atomic mass is 9.96. The van der Waals surface area contributed by atoms with E-state index in [9.17, 15) is 4.79 Å². The number of ether oxygens (including phenoxy) is 2. The lowest BCUT2D eigenvalue weighted by Crippen LogP contribution is -2.44. The van der Waals surface area contributed by atoms with E-state index in [1.807, 2.05) is 54.3 Å². The second kappa shape index (κ2) is 9.30. The Kier molecular flexibility index (Phi) is 6.30. The molecule has 0 bridgehead atoms. The second-order valence-electron chi connectivity index (χ2n) is 7.99. The fourth-order valence-electron chi connectivity index (χ4n) is 4.01. The van der Waals surface area contributed by atoms with Crippen molar-refractivity contribution < 1.29 is 18.8 Å². The Morgan fingerprint density at radius 2 is 1.94 bits per heavy atom. The van der Waals surface area contributed by atoms with Crippen LogP contribution in [0.1, 0.15) is 18.4 Å². The predicted octanol–water partition coefficient (Wildman–Crippen LogP) is 3.94. The summed E-state index contributed by atoms with van der Waals surface area (Å²) in [6.45, 7) is 3.30. The molecular weight excluding hydrogens is 408 g/mol. The zero-order valence-electron chi connectivity index (χ0n) is 18.9. The Morgan fingerprint density at radius 1 is 1.16 bits per heavy atom. The summed E-state index contributed by atoms with van der Waals surface area (Å²) >= 11 is 0. The van der Waals surface area contributed by atoms with E-state index in [1.54, 1.807) is 26.2 Å². The molecule has 1 aromatic heterocycles. The number of hydrogen-bond acceptors (Lipinski definition) is 7. The first-order chi connectivity index (χ1) is 15.5. The van der Waals surface area contributed by atoms with Gasteiger partial charge in [0.15, 0.2) is 0 Å². The topological polar surface area (TPSA) is 80.9 Å². The summed E-state index contributed by atoms with van der Waals surface area (Å²) in [7, 11) is 5.04. The van der Waals surface area contributed by atoms with Gasteiger partial charge in [-0.05, 0) is 61.7 Å². The zero-order valence-corrected chi connectivity index (χ0v) is 18.9. The number of rotatable bonds is 6. The molecule has 0 N–H and O–H groups in total. The number of aromatic nitrogens is 2. The SMILES string of the molecule is COc1ccc(-c2noc(N3CCC[C@H](C(=O)N(C)c4cc(C)ccc4OC)C3)n2)cc1. The van der Waals surface area contributed by atoms with Crippen LogP contribution in [0.3, 0.4) is 0 Å². The average molecular weight is 437 g/mol. The minimum atomic E-state index is -0.171. The zero-order chi connectivity index (χ0) is 22.7. The minimum absolute atomic E-state index is 0.0495. The van der Waals surface area contributed by atoms with E-state index in [1.165, 1.54) is 0 Å². The van der Waals surface area contributed by atoms with Crippen molar-refractivity contribution in [2.24, 2.45) is 5.92 Å². The molecule has 4 rings (SSSR count). The summed E-state index contributed by atoms with van der Waals surface area (Å²) in [5.74, 6) is 1.84. The highest BCUT2D eigenvalue weighted by molar-refractivity contribution is 5.96. The second-order valence-corrected chi connectivity index (χ2v) is 7.99. The van der Waals surface area contributed by atoms with E-state index in [2.05, 4.69) is 10.1 Å². The standard InChI is InChI=1S/C24H28N4O4/c1-16-7-12-21(31-4)20(14-16)27(2)23(29)18-6-5-13-28(15-18)24-25-22(26-32-24)17-8-10-19(30-3)11-9-17/h7-12,14,18H,5-6,13,15H2,1-4H3/t18-/m0/s1. The molecule has 0 unspecified atom stereocenters.